The van der Waals surface area contributed by atoms with Gasteiger partial charge in [0.05, 0.1) is 10.5 Å². The molecule has 0 spiro atoms. The molecule has 6 nitrogen and oxygen atoms in total. The molecular weight excluding hydrogens is 270 g/mol. The Kier molecular flexibility index (Phi) is 4.16. The third-order valence-corrected chi connectivity index (χ3v) is 4.04. The molecule has 0 saturated heterocycles. The second-order valence-electron chi connectivity index (χ2n) is 6.28. The maximum Gasteiger partial charge on any atom is 0.293 e. The molecule has 0 aliphatic heterocycles. The van der Waals surface area contributed by atoms with Gasteiger partial charge in [-0.2, -0.15) is 0 Å². The molecule has 1 aliphatic carbocycles. The zero-order chi connectivity index (χ0) is 15.6. The molecule has 114 valence electrons. The molecule has 2 N–H and O–H groups in total. The lowest BCUT2D eigenvalue weighted by Crippen LogP contribution is -2.34. The van der Waals surface area contributed by atoms with Gasteiger partial charge in [0.2, 0.25) is 0 Å². The van der Waals surface area contributed by atoms with Crippen LogP contribution in [0.1, 0.15) is 43.5 Å². The van der Waals surface area contributed by atoms with Gasteiger partial charge in [0.25, 0.3) is 11.6 Å². The largest absolute Gasteiger partial charge is 0.382 e. The molecule has 0 aromatic heterocycles. The molecule has 2 rings (SSSR count). The van der Waals surface area contributed by atoms with E-state index >= 15 is 0 Å². The molecule has 1 atom stereocenters. The van der Waals surface area contributed by atoms with Crippen LogP contribution in [0.25, 0.3) is 0 Å². The van der Waals surface area contributed by atoms with Crippen LogP contribution in [0.15, 0.2) is 18.2 Å². The van der Waals surface area contributed by atoms with E-state index in [0.29, 0.717) is 5.56 Å². The van der Waals surface area contributed by atoms with Gasteiger partial charge in [-0.3, -0.25) is 14.9 Å². The highest BCUT2D eigenvalue weighted by molar-refractivity contribution is 6.01. The minimum atomic E-state index is -0.485. The minimum absolute atomic E-state index is 0.0862. The van der Waals surface area contributed by atoms with Crippen LogP contribution in [0.5, 0.6) is 0 Å². The van der Waals surface area contributed by atoms with Crippen LogP contribution in [0.4, 0.5) is 11.4 Å². The first-order valence-corrected chi connectivity index (χ1v) is 7.10. The number of hydrogen-bond acceptors (Lipinski definition) is 4. The molecule has 0 heterocycles. The van der Waals surface area contributed by atoms with Gasteiger partial charge < -0.3 is 10.6 Å². The van der Waals surface area contributed by atoms with Crippen LogP contribution in [0, 0.1) is 15.5 Å². The Morgan fingerprint density at radius 2 is 2.14 bits per heavy atom. The van der Waals surface area contributed by atoms with Crippen molar-refractivity contribution in [3.63, 3.8) is 0 Å². The first-order chi connectivity index (χ1) is 9.84. The summed E-state index contributed by atoms with van der Waals surface area (Å²) >= 11 is 0. The number of benzene rings is 1. The Labute approximate surface area is 124 Å². The predicted octanol–water partition coefficient (Wildman–Crippen LogP) is 2.95. The summed E-state index contributed by atoms with van der Waals surface area (Å²) in [6.45, 7) is 4.37. The molecule has 1 aliphatic rings. The van der Waals surface area contributed by atoms with Crippen molar-refractivity contribution in [3.05, 3.63) is 33.9 Å². The lowest BCUT2D eigenvalue weighted by molar-refractivity contribution is -0.384. The highest BCUT2D eigenvalue weighted by atomic mass is 16.6. The van der Waals surface area contributed by atoms with Crippen LogP contribution in [0.3, 0.4) is 0 Å². The summed E-state index contributed by atoms with van der Waals surface area (Å²) in [5.41, 5.74) is 0.734. The van der Waals surface area contributed by atoms with Crippen molar-refractivity contribution in [2.45, 2.75) is 39.2 Å². The van der Waals surface area contributed by atoms with E-state index < -0.39 is 4.92 Å². The number of rotatable bonds is 4. The number of amides is 1. The van der Waals surface area contributed by atoms with Crippen LogP contribution < -0.4 is 10.6 Å². The molecule has 1 saturated carbocycles. The van der Waals surface area contributed by atoms with Crippen molar-refractivity contribution in [3.8, 4) is 0 Å². The summed E-state index contributed by atoms with van der Waals surface area (Å²) < 4.78 is 0. The van der Waals surface area contributed by atoms with Crippen molar-refractivity contribution in [2.24, 2.45) is 5.41 Å². The maximum absolute atomic E-state index is 12.4. The number of para-hydroxylation sites is 1. The standard InChI is InChI=1S/C15H21N3O3/c1-15(2)8-7-10(9-15)17-14(19)11-5-4-6-12(18(20)21)13(11)16-3/h4-6,10,16H,7-9H2,1-3H3,(H,17,19). The molecule has 1 aromatic rings. The van der Waals surface area contributed by atoms with Crippen LogP contribution in [-0.4, -0.2) is 23.9 Å². The highest BCUT2D eigenvalue weighted by Gasteiger charge is 2.32. The zero-order valence-corrected chi connectivity index (χ0v) is 12.6. The topological polar surface area (TPSA) is 84.3 Å². The SMILES string of the molecule is CNc1c(C(=O)NC2CCC(C)(C)C2)cccc1[N+](=O)[O-]. The van der Waals surface area contributed by atoms with E-state index in [0.717, 1.165) is 19.3 Å². The molecule has 0 bridgehead atoms. The molecule has 1 unspecified atom stereocenters. The molecule has 21 heavy (non-hydrogen) atoms. The quantitative estimate of drug-likeness (QED) is 0.660. The predicted molar refractivity (Wildman–Crippen MR) is 81.5 cm³/mol. The summed E-state index contributed by atoms with van der Waals surface area (Å²) in [6.07, 6.45) is 2.96. The van der Waals surface area contributed by atoms with Crippen LogP contribution in [0.2, 0.25) is 0 Å². The smallest absolute Gasteiger partial charge is 0.293 e. The van der Waals surface area contributed by atoms with E-state index in [-0.39, 0.29) is 28.7 Å². The van der Waals surface area contributed by atoms with Crippen LogP contribution in [-0.2, 0) is 0 Å². The van der Waals surface area contributed by atoms with Gasteiger partial charge in [-0.05, 0) is 30.7 Å². The maximum atomic E-state index is 12.4. The summed E-state index contributed by atoms with van der Waals surface area (Å²) in [5.74, 6) is -0.259. The van der Waals surface area contributed by atoms with Gasteiger partial charge in [0, 0.05) is 19.2 Å². The molecule has 6 heteroatoms. The summed E-state index contributed by atoms with van der Waals surface area (Å²) in [6, 6.07) is 4.67. The van der Waals surface area contributed by atoms with Gasteiger partial charge in [-0.1, -0.05) is 19.9 Å². The number of nitro benzene ring substituents is 1. The number of carbonyl (C=O) groups is 1. The van der Waals surface area contributed by atoms with Crippen molar-refractivity contribution in [1.29, 1.82) is 0 Å². The average Bonchev–Trinajstić information content (AvgIpc) is 2.76. The number of nitrogens with one attached hydrogen (secondary N) is 2. The fourth-order valence-corrected chi connectivity index (χ4v) is 2.97. The molecule has 1 amide bonds. The first kappa shape index (κ1) is 15.3. The van der Waals surface area contributed by atoms with Crippen LogP contribution >= 0.6 is 0 Å². The zero-order valence-electron chi connectivity index (χ0n) is 12.6. The number of nitrogens with zero attached hydrogens (tertiary/aromatic N) is 1. The van der Waals surface area contributed by atoms with Gasteiger partial charge in [0.15, 0.2) is 0 Å². The fourth-order valence-electron chi connectivity index (χ4n) is 2.97. The van der Waals surface area contributed by atoms with Crippen molar-refractivity contribution in [2.75, 3.05) is 12.4 Å². The van der Waals surface area contributed by atoms with Crippen molar-refractivity contribution in [1.82, 2.24) is 5.32 Å². The van der Waals surface area contributed by atoms with Gasteiger partial charge in [0.1, 0.15) is 5.69 Å². The van der Waals surface area contributed by atoms with Gasteiger partial charge in [-0.25, -0.2) is 0 Å². The van der Waals surface area contributed by atoms with E-state index in [9.17, 15) is 14.9 Å². The third-order valence-electron chi connectivity index (χ3n) is 4.04. The Hall–Kier alpha value is -2.11. The number of hydrogen-bond donors (Lipinski definition) is 2. The second-order valence-corrected chi connectivity index (χ2v) is 6.28. The van der Waals surface area contributed by atoms with Crippen molar-refractivity contribution >= 4 is 17.3 Å². The lowest BCUT2D eigenvalue weighted by atomic mass is 9.92. The molecule has 0 radical (unpaired) electrons. The monoisotopic (exact) mass is 291 g/mol. The van der Waals surface area contributed by atoms with E-state index in [2.05, 4.69) is 24.5 Å². The minimum Gasteiger partial charge on any atom is -0.382 e. The fraction of sp³-hybridized carbons (Fsp3) is 0.533. The highest BCUT2D eigenvalue weighted by Crippen LogP contribution is 2.37. The van der Waals surface area contributed by atoms with Gasteiger partial charge in [-0.15, -0.1) is 0 Å². The van der Waals surface area contributed by atoms with E-state index in [1.54, 1.807) is 13.1 Å². The third kappa shape index (κ3) is 3.32. The number of anilines is 1. The van der Waals surface area contributed by atoms with E-state index in [4.69, 9.17) is 0 Å². The summed E-state index contributed by atoms with van der Waals surface area (Å²) in [7, 11) is 1.58. The first-order valence-electron chi connectivity index (χ1n) is 7.10. The molecule has 1 aromatic carbocycles. The molecular formula is C15H21N3O3. The summed E-state index contributed by atoms with van der Waals surface area (Å²) in [4.78, 5) is 22.9. The van der Waals surface area contributed by atoms with Gasteiger partial charge >= 0.3 is 0 Å². The number of nitro groups is 1. The Balaban J connectivity index is 2.20. The normalized spacial score (nSPS) is 20.0. The lowest BCUT2D eigenvalue weighted by Gasteiger charge is -2.18. The molecule has 1 fully saturated rings. The Morgan fingerprint density at radius 3 is 2.67 bits per heavy atom. The summed E-state index contributed by atoms with van der Waals surface area (Å²) in [5, 5.41) is 16.8. The number of carbonyl (C=O) groups excluding carboxylic acids is 1. The Bertz CT molecular complexity index is 569. The second kappa shape index (κ2) is 5.71. The Morgan fingerprint density at radius 1 is 1.43 bits per heavy atom. The van der Waals surface area contributed by atoms with E-state index in [1.807, 2.05) is 0 Å². The van der Waals surface area contributed by atoms with E-state index in [1.165, 1.54) is 12.1 Å². The average molecular weight is 291 g/mol. The van der Waals surface area contributed by atoms with Crippen molar-refractivity contribution < 1.29 is 9.72 Å².